The molecular formula is C12H22O11. The quantitative estimate of drug-likeness (QED) is 0.212. The molecule has 1 rings (SSSR count). The highest BCUT2D eigenvalue weighted by atomic mass is 16.6. The lowest BCUT2D eigenvalue weighted by atomic mass is 9.77. The summed E-state index contributed by atoms with van der Waals surface area (Å²) in [6.45, 7) is -3.24. The standard InChI is InChI=1S/C12H22O11/c13-1-4(16)10(21)12(22,6(17)3-15)11-9(20)8(19)7(18)5(2-14)23-11/h5-11,13-15,17-22H,1-3H2/t5-,6-,7+,8+,9-,10-,11-,12-/m1/s1. The Labute approximate surface area is 130 Å². The van der Waals surface area contributed by atoms with E-state index in [9.17, 15) is 35.4 Å². The van der Waals surface area contributed by atoms with Gasteiger partial charge in [0.2, 0.25) is 0 Å². The maximum absolute atomic E-state index is 11.5. The fourth-order valence-corrected chi connectivity index (χ4v) is 2.50. The van der Waals surface area contributed by atoms with Gasteiger partial charge in [-0.2, -0.15) is 0 Å². The number of rotatable bonds is 7. The molecule has 1 aliphatic rings. The van der Waals surface area contributed by atoms with E-state index in [4.69, 9.17) is 20.1 Å². The van der Waals surface area contributed by atoms with Crippen molar-refractivity contribution in [2.75, 3.05) is 19.8 Å². The van der Waals surface area contributed by atoms with Gasteiger partial charge in [-0.3, -0.25) is 4.79 Å². The minimum Gasteiger partial charge on any atom is -0.394 e. The van der Waals surface area contributed by atoms with Gasteiger partial charge in [0, 0.05) is 0 Å². The first kappa shape index (κ1) is 20.3. The van der Waals surface area contributed by atoms with Crippen molar-refractivity contribution in [2.24, 2.45) is 0 Å². The Morgan fingerprint density at radius 3 is 2.04 bits per heavy atom. The number of hydrogen-bond acceptors (Lipinski definition) is 11. The molecule has 8 atom stereocenters. The van der Waals surface area contributed by atoms with Crippen LogP contribution in [0.1, 0.15) is 0 Å². The Morgan fingerprint density at radius 2 is 1.61 bits per heavy atom. The number of hydrogen-bond donors (Lipinski definition) is 9. The van der Waals surface area contributed by atoms with E-state index in [-0.39, 0.29) is 0 Å². The largest absolute Gasteiger partial charge is 0.394 e. The van der Waals surface area contributed by atoms with Gasteiger partial charge >= 0.3 is 0 Å². The SMILES string of the molecule is O=C(CO)[C@@H](O)[C@](O)([C@H](O)CO)[C@@H]1O[C@H](CO)[C@H](O)[C@H](O)[C@H]1O. The summed E-state index contributed by atoms with van der Waals surface area (Å²) >= 11 is 0. The van der Waals surface area contributed by atoms with Crippen molar-refractivity contribution < 1.29 is 55.5 Å². The minimum atomic E-state index is -3.03. The van der Waals surface area contributed by atoms with Crippen LogP contribution in [0.25, 0.3) is 0 Å². The van der Waals surface area contributed by atoms with Crippen LogP contribution in [0.2, 0.25) is 0 Å². The first-order valence-electron chi connectivity index (χ1n) is 6.80. The smallest absolute Gasteiger partial charge is 0.189 e. The summed E-state index contributed by atoms with van der Waals surface area (Å²) in [5.74, 6) is -1.35. The first-order valence-corrected chi connectivity index (χ1v) is 6.80. The summed E-state index contributed by atoms with van der Waals surface area (Å²) in [5.41, 5.74) is -3.03. The maximum Gasteiger partial charge on any atom is 0.189 e. The highest BCUT2D eigenvalue weighted by Crippen LogP contribution is 2.33. The molecule has 11 nitrogen and oxygen atoms in total. The van der Waals surface area contributed by atoms with Crippen LogP contribution < -0.4 is 0 Å². The van der Waals surface area contributed by atoms with Gasteiger partial charge in [0.25, 0.3) is 0 Å². The predicted octanol–water partition coefficient (Wildman–Crippen LogP) is -6.16. The van der Waals surface area contributed by atoms with E-state index in [0.29, 0.717) is 0 Å². The number of carbonyl (C=O) groups excluding carboxylic acids is 1. The molecule has 0 aliphatic carbocycles. The Kier molecular flexibility index (Phi) is 6.97. The zero-order valence-electron chi connectivity index (χ0n) is 12.0. The van der Waals surface area contributed by atoms with Crippen LogP contribution in [0.15, 0.2) is 0 Å². The van der Waals surface area contributed by atoms with Gasteiger partial charge < -0.3 is 50.7 Å². The number of ether oxygens (including phenoxy) is 1. The number of carbonyl (C=O) groups is 1. The summed E-state index contributed by atoms with van der Waals surface area (Å²) < 4.78 is 5.01. The monoisotopic (exact) mass is 342 g/mol. The lowest BCUT2D eigenvalue weighted by Gasteiger charge is -2.49. The fraction of sp³-hybridized carbons (Fsp3) is 0.917. The molecule has 1 heterocycles. The molecule has 0 bridgehead atoms. The summed E-state index contributed by atoms with van der Waals surface area (Å²) in [6.07, 6.45) is -14.0. The van der Waals surface area contributed by atoms with Gasteiger partial charge in [0.05, 0.1) is 13.2 Å². The van der Waals surface area contributed by atoms with E-state index in [0.717, 1.165) is 0 Å². The van der Waals surface area contributed by atoms with Gasteiger partial charge in [0.1, 0.15) is 49.3 Å². The Morgan fingerprint density at radius 1 is 1.04 bits per heavy atom. The molecule has 0 unspecified atom stereocenters. The van der Waals surface area contributed by atoms with E-state index < -0.39 is 73.9 Å². The van der Waals surface area contributed by atoms with Crippen LogP contribution in [-0.4, -0.2) is 120 Å². The highest BCUT2D eigenvalue weighted by molar-refractivity contribution is 5.85. The third-order valence-electron chi connectivity index (χ3n) is 3.95. The molecule has 0 aromatic carbocycles. The minimum absolute atomic E-state index is 0.850. The average molecular weight is 342 g/mol. The van der Waals surface area contributed by atoms with E-state index >= 15 is 0 Å². The summed E-state index contributed by atoms with van der Waals surface area (Å²) in [6, 6.07) is 0. The van der Waals surface area contributed by atoms with Gasteiger partial charge in [-0.05, 0) is 0 Å². The number of aliphatic hydroxyl groups is 9. The molecule has 0 radical (unpaired) electrons. The molecule has 0 saturated carbocycles. The number of aliphatic hydroxyl groups excluding tert-OH is 8. The molecule has 0 aromatic heterocycles. The molecule has 0 spiro atoms. The second-order valence-electron chi connectivity index (χ2n) is 5.36. The molecule has 1 aliphatic heterocycles. The molecule has 0 aromatic rings. The van der Waals surface area contributed by atoms with Crippen molar-refractivity contribution in [3.05, 3.63) is 0 Å². The van der Waals surface area contributed by atoms with Crippen molar-refractivity contribution in [3.63, 3.8) is 0 Å². The molecule has 11 heteroatoms. The fourth-order valence-electron chi connectivity index (χ4n) is 2.50. The molecule has 1 saturated heterocycles. The second kappa shape index (κ2) is 7.90. The molecule has 0 amide bonds. The molecular weight excluding hydrogens is 320 g/mol. The van der Waals surface area contributed by atoms with Gasteiger partial charge in [0.15, 0.2) is 11.4 Å². The van der Waals surface area contributed by atoms with Gasteiger partial charge in [-0.25, -0.2) is 0 Å². The predicted molar refractivity (Wildman–Crippen MR) is 69.9 cm³/mol. The lowest BCUT2D eigenvalue weighted by molar-refractivity contribution is -0.301. The first-order chi connectivity index (χ1) is 10.7. The van der Waals surface area contributed by atoms with E-state index in [1.54, 1.807) is 0 Å². The van der Waals surface area contributed by atoms with Crippen LogP contribution in [-0.2, 0) is 9.53 Å². The normalized spacial score (nSPS) is 37.0. The van der Waals surface area contributed by atoms with Crippen molar-refractivity contribution in [3.8, 4) is 0 Å². The van der Waals surface area contributed by atoms with Crippen molar-refractivity contribution in [2.45, 2.75) is 48.3 Å². The zero-order chi connectivity index (χ0) is 17.9. The van der Waals surface area contributed by atoms with Crippen LogP contribution in [0.3, 0.4) is 0 Å². The average Bonchev–Trinajstić information content (AvgIpc) is 2.56. The lowest BCUT2D eigenvalue weighted by Crippen LogP contribution is -2.73. The van der Waals surface area contributed by atoms with E-state index in [1.165, 1.54) is 0 Å². The van der Waals surface area contributed by atoms with Crippen molar-refractivity contribution >= 4 is 5.78 Å². The van der Waals surface area contributed by atoms with Gasteiger partial charge in [-0.15, -0.1) is 0 Å². The summed E-state index contributed by atoms with van der Waals surface area (Å²) in [5, 5.41) is 86.4. The summed E-state index contributed by atoms with van der Waals surface area (Å²) in [4.78, 5) is 11.5. The number of Topliss-reactive ketones (excluding diaryl/α,β-unsaturated/α-hetero) is 1. The van der Waals surface area contributed by atoms with Crippen LogP contribution in [0, 0.1) is 0 Å². The molecule has 1 fully saturated rings. The number of ketones is 1. The Bertz CT molecular complexity index is 402. The van der Waals surface area contributed by atoms with Crippen molar-refractivity contribution in [1.82, 2.24) is 0 Å². The maximum atomic E-state index is 11.5. The van der Waals surface area contributed by atoms with Crippen molar-refractivity contribution in [1.29, 1.82) is 0 Å². The summed E-state index contributed by atoms with van der Waals surface area (Å²) in [7, 11) is 0. The second-order valence-corrected chi connectivity index (χ2v) is 5.36. The Balaban J connectivity index is 3.27. The van der Waals surface area contributed by atoms with Crippen LogP contribution >= 0.6 is 0 Å². The molecule has 136 valence electrons. The Hall–Kier alpha value is -0.730. The van der Waals surface area contributed by atoms with Crippen LogP contribution in [0.5, 0.6) is 0 Å². The van der Waals surface area contributed by atoms with E-state index in [2.05, 4.69) is 0 Å². The van der Waals surface area contributed by atoms with E-state index in [1.807, 2.05) is 0 Å². The highest BCUT2D eigenvalue weighted by Gasteiger charge is 2.59. The third-order valence-corrected chi connectivity index (χ3v) is 3.95. The third kappa shape index (κ3) is 3.53. The molecule has 9 N–H and O–H groups in total. The van der Waals surface area contributed by atoms with Gasteiger partial charge in [-0.1, -0.05) is 0 Å². The zero-order valence-corrected chi connectivity index (χ0v) is 12.0. The molecule has 23 heavy (non-hydrogen) atoms. The van der Waals surface area contributed by atoms with Crippen LogP contribution in [0.4, 0.5) is 0 Å². The topological polar surface area (TPSA) is 208 Å².